The second-order valence-electron chi connectivity index (χ2n) is 12.1. The summed E-state index contributed by atoms with van der Waals surface area (Å²) in [6.07, 6.45) is 8.38. The van der Waals surface area contributed by atoms with E-state index in [-0.39, 0.29) is 23.2 Å². The van der Waals surface area contributed by atoms with Gasteiger partial charge in [0.2, 0.25) is 0 Å². The number of Topliss-reactive ketones (excluding diaryl/α,β-unsaturated/α-hetero) is 1. The number of unbranched alkanes of at least 4 members (excludes halogenated alkanes) is 1. The average Bonchev–Trinajstić information content (AvgIpc) is 2.60. The number of ether oxygens (including phenoxy) is 1. The van der Waals surface area contributed by atoms with E-state index in [1.54, 1.807) is 0 Å². The lowest BCUT2D eigenvalue weighted by atomic mass is 9.79. The molecule has 0 amide bonds. The van der Waals surface area contributed by atoms with Crippen LogP contribution in [0.2, 0.25) is 0 Å². The highest BCUT2D eigenvalue weighted by molar-refractivity contribution is 5.78. The summed E-state index contributed by atoms with van der Waals surface area (Å²) in [6.45, 7) is 17.9. The van der Waals surface area contributed by atoms with Gasteiger partial charge in [0.15, 0.2) is 0 Å². The van der Waals surface area contributed by atoms with E-state index < -0.39 is 0 Å². The first-order valence-corrected chi connectivity index (χ1v) is 12.7. The summed E-state index contributed by atoms with van der Waals surface area (Å²) in [5, 5.41) is 0. The first-order chi connectivity index (χ1) is 14.2. The smallest absolute Gasteiger partial charge is 0.306 e. The maximum absolute atomic E-state index is 12.4. The lowest BCUT2D eigenvalue weighted by Crippen LogP contribution is -2.60. The Kier molecular flexibility index (Phi) is 11.2. The number of nitrogens with zero attached hydrogens (tertiary/aromatic N) is 1. The van der Waals surface area contributed by atoms with Crippen LogP contribution in [-0.2, 0) is 14.3 Å². The highest BCUT2D eigenvalue weighted by Gasteiger charge is 2.44. The molecule has 0 aliphatic carbocycles. The van der Waals surface area contributed by atoms with E-state index in [9.17, 15) is 9.59 Å². The summed E-state index contributed by atoms with van der Waals surface area (Å²) in [7, 11) is 2.16. The Morgan fingerprint density at radius 3 is 1.84 bits per heavy atom. The minimum Gasteiger partial charge on any atom is -0.462 e. The van der Waals surface area contributed by atoms with Crippen molar-refractivity contribution >= 4 is 11.8 Å². The number of piperidine rings is 1. The van der Waals surface area contributed by atoms with E-state index in [4.69, 9.17) is 4.74 Å². The summed E-state index contributed by atoms with van der Waals surface area (Å²) < 4.78 is 5.82. The van der Waals surface area contributed by atoms with E-state index in [0.29, 0.717) is 42.8 Å². The summed E-state index contributed by atoms with van der Waals surface area (Å²) in [5.41, 5.74) is 0.0320. The zero-order valence-electron chi connectivity index (χ0n) is 22.1. The third-order valence-electron chi connectivity index (χ3n) is 7.10. The van der Waals surface area contributed by atoms with Crippen molar-refractivity contribution < 1.29 is 14.3 Å². The van der Waals surface area contributed by atoms with Crippen LogP contribution in [0.5, 0.6) is 0 Å². The molecule has 0 radical (unpaired) electrons. The maximum Gasteiger partial charge on any atom is 0.306 e. The molecule has 0 aromatic heterocycles. The number of esters is 1. The zero-order chi connectivity index (χ0) is 23.8. The van der Waals surface area contributed by atoms with Crippen LogP contribution < -0.4 is 0 Å². The quantitative estimate of drug-likeness (QED) is 0.235. The van der Waals surface area contributed by atoms with Crippen molar-refractivity contribution in [3.63, 3.8) is 0 Å². The molecule has 1 aliphatic heterocycles. The monoisotopic (exact) mass is 437 g/mol. The van der Waals surface area contributed by atoms with Crippen LogP contribution in [-0.4, -0.2) is 40.9 Å². The highest BCUT2D eigenvalue weighted by Crippen LogP contribution is 2.38. The molecule has 1 aliphatic rings. The van der Waals surface area contributed by atoms with Gasteiger partial charge in [-0.15, -0.1) is 0 Å². The van der Waals surface area contributed by atoms with Gasteiger partial charge in [0, 0.05) is 43.2 Å². The van der Waals surface area contributed by atoms with Gasteiger partial charge in [0.25, 0.3) is 0 Å². The second-order valence-corrected chi connectivity index (χ2v) is 12.1. The third kappa shape index (κ3) is 10.5. The van der Waals surface area contributed by atoms with Crippen LogP contribution >= 0.6 is 0 Å². The fourth-order valence-electron chi connectivity index (χ4n) is 5.35. The molecule has 182 valence electrons. The van der Waals surface area contributed by atoms with Crippen LogP contribution in [0.1, 0.15) is 120 Å². The molecule has 4 nitrogen and oxygen atoms in total. The molecule has 0 atom stereocenters. The van der Waals surface area contributed by atoms with E-state index in [1.165, 1.54) is 12.8 Å². The topological polar surface area (TPSA) is 46.6 Å². The Morgan fingerprint density at radius 2 is 1.35 bits per heavy atom. The van der Waals surface area contributed by atoms with Crippen molar-refractivity contribution in [3.05, 3.63) is 0 Å². The minimum atomic E-state index is -0.109. The second kappa shape index (κ2) is 12.4. The molecular formula is C27H51NO3. The van der Waals surface area contributed by atoms with Gasteiger partial charge >= 0.3 is 5.97 Å². The summed E-state index contributed by atoms with van der Waals surface area (Å²) in [4.78, 5) is 27.1. The van der Waals surface area contributed by atoms with Crippen LogP contribution in [0.3, 0.4) is 0 Å². The Labute approximate surface area is 192 Å². The average molecular weight is 438 g/mol. The van der Waals surface area contributed by atoms with Crippen molar-refractivity contribution in [2.24, 2.45) is 17.8 Å². The fraction of sp³-hybridized carbons (Fsp3) is 0.926. The molecule has 0 aromatic carbocycles. The first-order valence-electron chi connectivity index (χ1n) is 12.7. The van der Waals surface area contributed by atoms with E-state index in [0.717, 1.165) is 32.1 Å². The lowest BCUT2D eigenvalue weighted by molar-refractivity contribution is -0.159. The zero-order valence-corrected chi connectivity index (χ0v) is 22.1. The predicted octanol–water partition coefficient (Wildman–Crippen LogP) is 6.80. The molecular weight excluding hydrogens is 386 g/mol. The Balaban J connectivity index is 2.29. The fourth-order valence-corrected chi connectivity index (χ4v) is 5.35. The summed E-state index contributed by atoms with van der Waals surface area (Å²) in [5.74, 6) is 2.27. The molecule has 0 saturated carbocycles. The van der Waals surface area contributed by atoms with Gasteiger partial charge in [-0.3, -0.25) is 14.5 Å². The van der Waals surface area contributed by atoms with Gasteiger partial charge in [0.1, 0.15) is 11.9 Å². The van der Waals surface area contributed by atoms with Crippen LogP contribution in [0.15, 0.2) is 0 Å². The van der Waals surface area contributed by atoms with Gasteiger partial charge in [-0.05, 0) is 84.6 Å². The molecule has 0 spiro atoms. The molecule has 4 heteroatoms. The number of hydrogen-bond donors (Lipinski definition) is 0. The van der Waals surface area contributed by atoms with Gasteiger partial charge in [0.05, 0.1) is 0 Å². The molecule has 1 fully saturated rings. The minimum absolute atomic E-state index is 0.0160. The van der Waals surface area contributed by atoms with Crippen LogP contribution in [0.4, 0.5) is 0 Å². The first kappa shape index (κ1) is 28.1. The number of carbonyl (C=O) groups excluding carboxylic acids is 2. The summed E-state index contributed by atoms with van der Waals surface area (Å²) >= 11 is 0. The predicted molar refractivity (Wildman–Crippen MR) is 130 cm³/mol. The summed E-state index contributed by atoms with van der Waals surface area (Å²) in [6, 6.07) is 0. The third-order valence-corrected chi connectivity index (χ3v) is 7.10. The van der Waals surface area contributed by atoms with E-state index in [2.05, 4.69) is 67.3 Å². The molecule has 31 heavy (non-hydrogen) atoms. The Hall–Kier alpha value is -0.900. The molecule has 1 heterocycles. The standard InChI is InChI=1S/C27H51NO3/c1-20(2)16-22(17-21(3)4)14-15-23(29)12-10-11-13-25(30)31-24-18-26(5,6)28(9)27(7,8)19-24/h20-22,24H,10-19H2,1-9H3. The molecule has 0 aromatic rings. The van der Waals surface area contributed by atoms with Crippen LogP contribution in [0, 0.1) is 17.8 Å². The highest BCUT2D eigenvalue weighted by atomic mass is 16.5. The maximum atomic E-state index is 12.4. The van der Waals surface area contributed by atoms with Gasteiger partial charge in [-0.25, -0.2) is 0 Å². The van der Waals surface area contributed by atoms with Gasteiger partial charge in [-0.2, -0.15) is 0 Å². The normalized spacial score (nSPS) is 19.4. The van der Waals surface area contributed by atoms with Gasteiger partial charge in [-0.1, -0.05) is 27.7 Å². The molecule has 0 N–H and O–H groups in total. The van der Waals surface area contributed by atoms with Gasteiger partial charge < -0.3 is 4.74 Å². The van der Waals surface area contributed by atoms with Crippen LogP contribution in [0.25, 0.3) is 0 Å². The van der Waals surface area contributed by atoms with E-state index in [1.807, 2.05) is 0 Å². The van der Waals surface area contributed by atoms with Crippen molar-refractivity contribution in [2.45, 2.75) is 137 Å². The van der Waals surface area contributed by atoms with E-state index >= 15 is 0 Å². The van der Waals surface area contributed by atoms with Crippen molar-refractivity contribution in [1.82, 2.24) is 4.90 Å². The number of carbonyl (C=O) groups is 2. The SMILES string of the molecule is CC(C)CC(CCC(=O)CCCCC(=O)OC1CC(C)(C)N(C)C(C)(C)C1)CC(C)C. The van der Waals surface area contributed by atoms with Crippen molar-refractivity contribution in [2.75, 3.05) is 7.05 Å². The van der Waals surface area contributed by atoms with Crippen molar-refractivity contribution in [3.8, 4) is 0 Å². The lowest BCUT2D eigenvalue weighted by Gasteiger charge is -2.53. The molecule has 0 bridgehead atoms. The largest absolute Gasteiger partial charge is 0.462 e. The molecule has 1 rings (SSSR count). The Morgan fingerprint density at radius 1 is 0.871 bits per heavy atom. The Bertz CT molecular complexity index is 537. The van der Waals surface area contributed by atoms with Crippen molar-refractivity contribution in [1.29, 1.82) is 0 Å². The number of rotatable bonds is 13. The number of ketones is 1. The number of hydrogen-bond acceptors (Lipinski definition) is 4. The number of likely N-dealkylation sites (tertiary alicyclic amines) is 1. The molecule has 0 unspecified atom stereocenters. The molecule has 1 saturated heterocycles.